The normalized spacial score (nSPS) is 35.3. The van der Waals surface area contributed by atoms with E-state index in [-0.39, 0.29) is 11.5 Å². The first-order valence-electron chi connectivity index (χ1n) is 16.9. The van der Waals surface area contributed by atoms with Gasteiger partial charge in [0, 0.05) is 6.61 Å². The van der Waals surface area contributed by atoms with E-state index in [1.807, 2.05) is 0 Å². The monoisotopic (exact) mass is 560 g/mol. The summed E-state index contributed by atoms with van der Waals surface area (Å²) in [7, 11) is 0. The van der Waals surface area contributed by atoms with Gasteiger partial charge in [-0.1, -0.05) is 13.3 Å². The summed E-state index contributed by atoms with van der Waals surface area (Å²) in [6, 6.07) is 2.95. The molecule has 4 aliphatic rings. The van der Waals surface area contributed by atoms with Crippen LogP contribution < -0.4 is 9.47 Å². The Balaban J connectivity index is 0.978. The molecule has 0 N–H and O–H groups in total. The largest absolute Gasteiger partial charge is 0.491 e. The van der Waals surface area contributed by atoms with Crippen LogP contribution in [-0.4, -0.2) is 25.9 Å². The Morgan fingerprint density at radius 1 is 0.625 bits per heavy atom. The second-order valence-electron chi connectivity index (χ2n) is 13.7. The fourth-order valence-corrected chi connectivity index (χ4v) is 8.84. The summed E-state index contributed by atoms with van der Waals surface area (Å²) in [6.45, 7) is 5.84. The molecule has 40 heavy (non-hydrogen) atoms. The number of hydrogen-bond donors (Lipinski definition) is 0. The number of hydrogen-bond acceptors (Lipinski definition) is 3. The lowest BCUT2D eigenvalue weighted by Gasteiger charge is -2.43. The van der Waals surface area contributed by atoms with Crippen molar-refractivity contribution < 1.29 is 23.0 Å². The lowest BCUT2D eigenvalue weighted by atomic mass is 9.64. The Morgan fingerprint density at radius 3 is 1.57 bits per heavy atom. The maximum absolute atomic E-state index is 14.4. The fraction of sp³-hybridized carbons (Fsp3) is 0.829. The third-order valence-electron chi connectivity index (χ3n) is 11.3. The van der Waals surface area contributed by atoms with Crippen molar-refractivity contribution in [3.8, 4) is 11.5 Å². The third-order valence-corrected chi connectivity index (χ3v) is 11.3. The van der Waals surface area contributed by atoms with Gasteiger partial charge in [0.2, 0.25) is 11.6 Å². The second-order valence-corrected chi connectivity index (χ2v) is 13.7. The lowest BCUT2D eigenvalue weighted by Crippen LogP contribution is -2.36. The Bertz CT molecular complexity index is 890. The molecule has 3 saturated carbocycles. The van der Waals surface area contributed by atoms with Gasteiger partial charge in [0.15, 0.2) is 11.5 Å². The van der Waals surface area contributed by atoms with Crippen molar-refractivity contribution in [3.63, 3.8) is 0 Å². The van der Waals surface area contributed by atoms with Crippen LogP contribution >= 0.6 is 0 Å². The van der Waals surface area contributed by atoms with Crippen LogP contribution in [0.1, 0.15) is 117 Å². The maximum atomic E-state index is 14.4. The van der Waals surface area contributed by atoms with Crippen molar-refractivity contribution in [1.29, 1.82) is 0 Å². The van der Waals surface area contributed by atoms with Crippen LogP contribution in [-0.2, 0) is 4.74 Å². The van der Waals surface area contributed by atoms with Crippen molar-refractivity contribution in [1.82, 2.24) is 0 Å². The van der Waals surface area contributed by atoms with Gasteiger partial charge in [0.1, 0.15) is 0 Å². The minimum absolute atomic E-state index is 0.00214. The average molecular weight is 561 g/mol. The van der Waals surface area contributed by atoms with Crippen LogP contribution in [0.5, 0.6) is 11.5 Å². The zero-order chi connectivity index (χ0) is 27.9. The SMILES string of the molecule is CCCC1CCC(C2CCC(C3CCC(C4CCC(COc5ccc(OCC)c(F)c5F)CC4)CC3)CC2)OC1. The highest BCUT2D eigenvalue weighted by molar-refractivity contribution is 5.35. The Kier molecular flexibility index (Phi) is 11.1. The minimum Gasteiger partial charge on any atom is -0.491 e. The predicted molar refractivity (Wildman–Crippen MR) is 157 cm³/mol. The van der Waals surface area contributed by atoms with E-state index in [0.717, 1.165) is 55.0 Å². The molecule has 1 aromatic carbocycles. The molecule has 226 valence electrons. The van der Waals surface area contributed by atoms with Gasteiger partial charge < -0.3 is 14.2 Å². The summed E-state index contributed by atoms with van der Waals surface area (Å²) in [6.07, 6.45) is 22.0. The van der Waals surface area contributed by atoms with Crippen LogP contribution in [0.15, 0.2) is 12.1 Å². The molecule has 0 spiro atoms. The molecular weight excluding hydrogens is 506 g/mol. The van der Waals surface area contributed by atoms with Crippen molar-refractivity contribution in [3.05, 3.63) is 23.8 Å². The third kappa shape index (κ3) is 7.53. The van der Waals surface area contributed by atoms with E-state index in [1.165, 1.54) is 102 Å². The molecule has 2 unspecified atom stereocenters. The molecule has 4 fully saturated rings. The van der Waals surface area contributed by atoms with E-state index >= 15 is 0 Å². The van der Waals surface area contributed by atoms with E-state index < -0.39 is 11.6 Å². The number of ether oxygens (including phenoxy) is 3. The summed E-state index contributed by atoms with van der Waals surface area (Å²) >= 11 is 0. The number of benzene rings is 1. The quantitative estimate of drug-likeness (QED) is 0.285. The topological polar surface area (TPSA) is 27.7 Å². The summed E-state index contributed by atoms with van der Waals surface area (Å²) in [5.74, 6) is 3.76. The summed E-state index contributed by atoms with van der Waals surface area (Å²) in [4.78, 5) is 0. The van der Waals surface area contributed by atoms with Gasteiger partial charge in [-0.25, -0.2) is 0 Å². The summed E-state index contributed by atoms with van der Waals surface area (Å²) in [5, 5.41) is 0. The molecular formula is C35H54F2O3. The zero-order valence-electron chi connectivity index (χ0n) is 25.2. The lowest BCUT2D eigenvalue weighted by molar-refractivity contribution is -0.0620. The van der Waals surface area contributed by atoms with Gasteiger partial charge in [-0.05, 0) is 157 Å². The van der Waals surface area contributed by atoms with Crippen LogP contribution in [0.2, 0.25) is 0 Å². The summed E-state index contributed by atoms with van der Waals surface area (Å²) in [5.41, 5.74) is 0. The minimum atomic E-state index is -0.953. The Hall–Kier alpha value is -1.36. The van der Waals surface area contributed by atoms with Crippen LogP contribution in [0.25, 0.3) is 0 Å². The van der Waals surface area contributed by atoms with E-state index in [9.17, 15) is 8.78 Å². The first kappa shape index (κ1) is 30.1. The van der Waals surface area contributed by atoms with Gasteiger partial charge in [0.25, 0.3) is 0 Å². The van der Waals surface area contributed by atoms with Gasteiger partial charge in [0.05, 0.1) is 19.3 Å². The molecule has 1 aromatic rings. The fourth-order valence-electron chi connectivity index (χ4n) is 8.84. The molecule has 2 atom stereocenters. The van der Waals surface area contributed by atoms with Crippen molar-refractivity contribution >= 4 is 0 Å². The predicted octanol–water partition coefficient (Wildman–Crippen LogP) is 9.76. The highest BCUT2D eigenvalue weighted by Crippen LogP contribution is 2.47. The zero-order valence-corrected chi connectivity index (χ0v) is 25.2. The molecule has 3 nitrogen and oxygen atoms in total. The van der Waals surface area contributed by atoms with E-state index in [0.29, 0.717) is 25.2 Å². The standard InChI is InChI=1S/C35H54F2O3/c1-3-5-24-8-19-31(39-22-24)30-17-15-29(16-18-30)28-13-11-27(12-14-28)26-9-6-25(7-10-26)23-40-33-21-20-32(38-4-2)34(36)35(33)37/h20-21,24-31H,3-19,22-23H2,1-2H3. The van der Waals surface area contributed by atoms with Crippen LogP contribution in [0.4, 0.5) is 8.78 Å². The molecule has 3 aliphatic carbocycles. The molecule has 1 aliphatic heterocycles. The molecule has 0 amide bonds. The van der Waals surface area contributed by atoms with Gasteiger partial charge in [-0.3, -0.25) is 0 Å². The molecule has 0 radical (unpaired) electrons. The van der Waals surface area contributed by atoms with Crippen LogP contribution in [0, 0.1) is 53.1 Å². The smallest absolute Gasteiger partial charge is 0.204 e. The number of rotatable bonds is 10. The van der Waals surface area contributed by atoms with Crippen molar-refractivity contribution in [2.24, 2.45) is 41.4 Å². The highest BCUT2D eigenvalue weighted by Gasteiger charge is 2.37. The molecule has 1 heterocycles. The molecule has 0 aromatic heterocycles. The van der Waals surface area contributed by atoms with E-state index in [2.05, 4.69) is 6.92 Å². The van der Waals surface area contributed by atoms with Crippen molar-refractivity contribution in [2.75, 3.05) is 19.8 Å². The second kappa shape index (κ2) is 14.7. The molecule has 5 heteroatoms. The highest BCUT2D eigenvalue weighted by atomic mass is 19.2. The van der Waals surface area contributed by atoms with Crippen LogP contribution in [0.3, 0.4) is 0 Å². The Labute approximate surface area is 242 Å². The van der Waals surface area contributed by atoms with E-state index in [1.54, 1.807) is 6.92 Å². The van der Waals surface area contributed by atoms with Gasteiger partial charge >= 0.3 is 0 Å². The first-order chi connectivity index (χ1) is 19.6. The summed E-state index contributed by atoms with van der Waals surface area (Å²) < 4.78 is 45.8. The maximum Gasteiger partial charge on any atom is 0.204 e. The first-order valence-corrected chi connectivity index (χ1v) is 16.9. The van der Waals surface area contributed by atoms with Gasteiger partial charge in [-0.2, -0.15) is 8.78 Å². The number of halogens is 2. The molecule has 5 rings (SSSR count). The molecule has 1 saturated heterocycles. The Morgan fingerprint density at radius 2 is 1.10 bits per heavy atom. The van der Waals surface area contributed by atoms with Crippen molar-refractivity contribution in [2.45, 2.75) is 123 Å². The van der Waals surface area contributed by atoms with E-state index in [4.69, 9.17) is 14.2 Å². The van der Waals surface area contributed by atoms with Gasteiger partial charge in [-0.15, -0.1) is 0 Å². The average Bonchev–Trinajstić information content (AvgIpc) is 3.00. The molecule has 0 bridgehead atoms.